The summed E-state index contributed by atoms with van der Waals surface area (Å²) in [6.07, 6.45) is 0. The third-order valence-corrected chi connectivity index (χ3v) is 2.51. The van der Waals surface area contributed by atoms with Crippen LogP contribution in [-0.4, -0.2) is 31.2 Å². The maximum absolute atomic E-state index is 12.1. The van der Waals surface area contributed by atoms with Gasteiger partial charge in [-0.3, -0.25) is 4.79 Å². The Hall–Kier alpha value is -1.46. The minimum absolute atomic E-state index is 0. The Labute approximate surface area is 132 Å². The highest BCUT2D eigenvalue weighted by Crippen LogP contribution is 2.28. The van der Waals surface area contributed by atoms with Gasteiger partial charge >= 0.3 is 0 Å². The highest BCUT2D eigenvalue weighted by Gasteiger charge is 2.15. The van der Waals surface area contributed by atoms with E-state index in [4.69, 9.17) is 15.2 Å². The van der Waals surface area contributed by atoms with Crippen LogP contribution in [0.4, 0.5) is 0 Å². The molecular formula is C15H25ClN2O3. The third-order valence-electron chi connectivity index (χ3n) is 2.51. The van der Waals surface area contributed by atoms with Gasteiger partial charge in [-0.05, 0) is 45.9 Å². The van der Waals surface area contributed by atoms with Gasteiger partial charge in [0.05, 0.1) is 13.2 Å². The Balaban J connectivity index is 0.00000400. The first-order valence-corrected chi connectivity index (χ1v) is 6.84. The molecule has 1 aromatic carbocycles. The average Bonchev–Trinajstić information content (AvgIpc) is 2.37. The number of carbonyl (C=O) groups excluding carboxylic acids is 1. The Morgan fingerprint density at radius 1 is 1.19 bits per heavy atom. The number of benzene rings is 1. The molecule has 0 aromatic heterocycles. The van der Waals surface area contributed by atoms with E-state index in [0.717, 1.165) is 0 Å². The Kier molecular flexibility index (Phi) is 8.14. The molecule has 0 aliphatic rings. The predicted octanol–water partition coefficient (Wildman–Crippen LogP) is 2.37. The molecule has 6 heteroatoms. The quantitative estimate of drug-likeness (QED) is 0.810. The van der Waals surface area contributed by atoms with Crippen LogP contribution in [0.1, 0.15) is 38.1 Å². The maximum atomic E-state index is 12.1. The van der Waals surface area contributed by atoms with Crippen molar-refractivity contribution in [3.63, 3.8) is 0 Å². The minimum atomic E-state index is -0.441. The van der Waals surface area contributed by atoms with E-state index in [9.17, 15) is 4.79 Å². The standard InChI is InChI=1S/C15H24N2O3.ClH/c1-5-19-12-8-7-11(9-13(12)20-6-2)14(18)17-10-15(3,4)16;/h7-9H,5-6,10,16H2,1-4H3,(H,17,18);1H. The van der Waals surface area contributed by atoms with Crippen LogP contribution in [0.25, 0.3) is 0 Å². The molecule has 0 spiro atoms. The second-order valence-electron chi connectivity index (χ2n) is 5.20. The molecule has 0 fully saturated rings. The Bertz CT molecular complexity index is 459. The lowest BCUT2D eigenvalue weighted by atomic mass is 10.1. The van der Waals surface area contributed by atoms with Crippen LogP contribution in [0.5, 0.6) is 11.5 Å². The molecule has 21 heavy (non-hydrogen) atoms. The van der Waals surface area contributed by atoms with Crippen LogP contribution in [0.2, 0.25) is 0 Å². The van der Waals surface area contributed by atoms with E-state index >= 15 is 0 Å². The molecule has 0 aliphatic carbocycles. The van der Waals surface area contributed by atoms with E-state index in [0.29, 0.717) is 36.8 Å². The van der Waals surface area contributed by atoms with Crippen molar-refractivity contribution >= 4 is 18.3 Å². The summed E-state index contributed by atoms with van der Waals surface area (Å²) in [5, 5.41) is 2.80. The normalized spacial score (nSPS) is 10.5. The van der Waals surface area contributed by atoms with Crippen LogP contribution in [0.3, 0.4) is 0 Å². The number of nitrogens with one attached hydrogen (secondary N) is 1. The van der Waals surface area contributed by atoms with Crippen molar-refractivity contribution < 1.29 is 14.3 Å². The first-order valence-electron chi connectivity index (χ1n) is 6.84. The molecule has 1 aromatic rings. The monoisotopic (exact) mass is 316 g/mol. The van der Waals surface area contributed by atoms with Gasteiger partial charge in [0, 0.05) is 17.6 Å². The molecule has 3 N–H and O–H groups in total. The van der Waals surface area contributed by atoms with E-state index in [1.165, 1.54) is 0 Å². The van der Waals surface area contributed by atoms with Gasteiger partial charge < -0.3 is 20.5 Å². The van der Waals surface area contributed by atoms with Crippen molar-refractivity contribution in [2.45, 2.75) is 33.2 Å². The molecule has 0 atom stereocenters. The topological polar surface area (TPSA) is 73.6 Å². The summed E-state index contributed by atoms with van der Waals surface area (Å²) >= 11 is 0. The molecule has 1 rings (SSSR count). The third kappa shape index (κ3) is 6.69. The maximum Gasteiger partial charge on any atom is 0.251 e. The van der Waals surface area contributed by atoms with E-state index < -0.39 is 5.54 Å². The number of ether oxygens (including phenoxy) is 2. The van der Waals surface area contributed by atoms with Crippen molar-refractivity contribution in [2.24, 2.45) is 5.73 Å². The van der Waals surface area contributed by atoms with Crippen molar-refractivity contribution in [1.29, 1.82) is 0 Å². The molecule has 0 unspecified atom stereocenters. The molecule has 5 nitrogen and oxygen atoms in total. The van der Waals surface area contributed by atoms with Crippen LogP contribution in [0, 0.1) is 0 Å². The Morgan fingerprint density at radius 2 is 1.76 bits per heavy atom. The summed E-state index contributed by atoms with van der Waals surface area (Å²) in [6.45, 7) is 8.98. The van der Waals surface area contributed by atoms with Crippen LogP contribution < -0.4 is 20.5 Å². The molecule has 120 valence electrons. The number of rotatable bonds is 7. The van der Waals surface area contributed by atoms with Gasteiger partial charge in [0.15, 0.2) is 11.5 Å². The van der Waals surface area contributed by atoms with Gasteiger partial charge in [0.2, 0.25) is 0 Å². The zero-order valence-electron chi connectivity index (χ0n) is 13.1. The number of amides is 1. The zero-order valence-corrected chi connectivity index (χ0v) is 13.9. The number of carbonyl (C=O) groups is 1. The van der Waals surface area contributed by atoms with Crippen LogP contribution in [0.15, 0.2) is 18.2 Å². The van der Waals surface area contributed by atoms with Crippen molar-refractivity contribution in [2.75, 3.05) is 19.8 Å². The summed E-state index contributed by atoms with van der Waals surface area (Å²) < 4.78 is 11.0. The molecule has 0 saturated carbocycles. The first-order chi connectivity index (χ1) is 9.37. The molecular weight excluding hydrogens is 292 g/mol. The van der Waals surface area contributed by atoms with Gasteiger partial charge in [0.25, 0.3) is 5.91 Å². The second kappa shape index (κ2) is 8.74. The van der Waals surface area contributed by atoms with Crippen molar-refractivity contribution in [1.82, 2.24) is 5.32 Å². The summed E-state index contributed by atoms with van der Waals surface area (Å²) in [4.78, 5) is 12.1. The molecule has 0 aliphatic heterocycles. The van der Waals surface area contributed by atoms with Crippen molar-refractivity contribution in [3.8, 4) is 11.5 Å². The minimum Gasteiger partial charge on any atom is -0.490 e. The summed E-state index contributed by atoms with van der Waals surface area (Å²) in [5.41, 5.74) is 5.93. The molecule has 1 amide bonds. The van der Waals surface area contributed by atoms with E-state index in [1.807, 2.05) is 27.7 Å². The predicted molar refractivity (Wildman–Crippen MR) is 86.6 cm³/mol. The van der Waals surface area contributed by atoms with E-state index in [-0.39, 0.29) is 18.3 Å². The number of hydrogen-bond donors (Lipinski definition) is 2. The van der Waals surface area contributed by atoms with Gasteiger partial charge in [-0.25, -0.2) is 0 Å². The summed E-state index contributed by atoms with van der Waals surface area (Å²) in [5.74, 6) is 1.05. The summed E-state index contributed by atoms with van der Waals surface area (Å²) in [7, 11) is 0. The number of hydrogen-bond acceptors (Lipinski definition) is 4. The zero-order chi connectivity index (χ0) is 15.2. The highest BCUT2D eigenvalue weighted by molar-refractivity contribution is 5.94. The second-order valence-corrected chi connectivity index (χ2v) is 5.20. The van der Waals surface area contributed by atoms with Crippen molar-refractivity contribution in [3.05, 3.63) is 23.8 Å². The first kappa shape index (κ1) is 19.5. The van der Waals surface area contributed by atoms with Crippen LogP contribution in [-0.2, 0) is 0 Å². The lowest BCUT2D eigenvalue weighted by Gasteiger charge is -2.19. The average molecular weight is 317 g/mol. The van der Waals surface area contributed by atoms with Gasteiger partial charge in [0.1, 0.15) is 0 Å². The molecule has 0 saturated heterocycles. The Morgan fingerprint density at radius 3 is 2.29 bits per heavy atom. The largest absolute Gasteiger partial charge is 0.490 e. The smallest absolute Gasteiger partial charge is 0.251 e. The van der Waals surface area contributed by atoms with Gasteiger partial charge in [-0.1, -0.05) is 0 Å². The van der Waals surface area contributed by atoms with Gasteiger partial charge in [-0.2, -0.15) is 0 Å². The fourth-order valence-corrected chi connectivity index (χ4v) is 1.60. The lowest BCUT2D eigenvalue weighted by molar-refractivity contribution is 0.0945. The fraction of sp³-hybridized carbons (Fsp3) is 0.533. The fourth-order valence-electron chi connectivity index (χ4n) is 1.60. The molecule has 0 radical (unpaired) electrons. The number of halogens is 1. The highest BCUT2D eigenvalue weighted by atomic mass is 35.5. The van der Waals surface area contributed by atoms with Gasteiger partial charge in [-0.15, -0.1) is 12.4 Å². The summed E-state index contributed by atoms with van der Waals surface area (Å²) in [6, 6.07) is 5.15. The lowest BCUT2D eigenvalue weighted by Crippen LogP contribution is -2.45. The number of nitrogens with two attached hydrogens (primary N) is 1. The van der Waals surface area contributed by atoms with E-state index in [2.05, 4.69) is 5.32 Å². The molecule has 0 bridgehead atoms. The van der Waals surface area contributed by atoms with E-state index in [1.54, 1.807) is 18.2 Å². The SMILES string of the molecule is CCOc1ccc(C(=O)NCC(C)(C)N)cc1OCC.Cl. The van der Waals surface area contributed by atoms with Crippen LogP contribution >= 0.6 is 12.4 Å². The molecule has 0 heterocycles.